The Morgan fingerprint density at radius 1 is 1.11 bits per heavy atom. The Hall–Kier alpha value is -2.64. The average molecular weight is 401 g/mol. The highest BCUT2D eigenvalue weighted by Crippen LogP contribution is 2.34. The van der Waals surface area contributed by atoms with Crippen molar-refractivity contribution in [3.05, 3.63) is 65.3 Å². The van der Waals surface area contributed by atoms with Gasteiger partial charge in [-0.1, -0.05) is 29.8 Å². The molecule has 0 aliphatic rings. The van der Waals surface area contributed by atoms with Crippen LogP contribution in [0.25, 0.3) is 22.3 Å². The quantitative estimate of drug-likeness (QED) is 0.522. The van der Waals surface area contributed by atoms with Gasteiger partial charge in [0.15, 0.2) is 5.65 Å². The molecule has 0 unspecified atom stereocenters. The van der Waals surface area contributed by atoms with Crippen LogP contribution >= 0.6 is 11.6 Å². The number of nitrogens with zero attached hydrogens (tertiary/aromatic N) is 4. The van der Waals surface area contributed by atoms with Crippen molar-refractivity contribution in [3.63, 3.8) is 0 Å². The maximum absolute atomic E-state index is 13.4. The van der Waals surface area contributed by atoms with Crippen molar-refractivity contribution in [2.75, 3.05) is 0 Å². The topological polar surface area (TPSA) is 69.8 Å². The van der Waals surface area contributed by atoms with Crippen LogP contribution in [0.4, 0.5) is 0 Å². The third-order valence-corrected chi connectivity index (χ3v) is 6.60. The molecular formula is C19H17ClN4O2S. The zero-order valence-corrected chi connectivity index (χ0v) is 16.6. The maximum atomic E-state index is 13.4. The van der Waals surface area contributed by atoms with Crippen LogP contribution in [0.2, 0.25) is 5.02 Å². The summed E-state index contributed by atoms with van der Waals surface area (Å²) >= 11 is 6.15. The number of halogens is 1. The van der Waals surface area contributed by atoms with Crippen molar-refractivity contribution < 1.29 is 8.42 Å². The van der Waals surface area contributed by atoms with Crippen LogP contribution in [0, 0.1) is 13.8 Å². The smallest absolute Gasteiger partial charge is 0.269 e. The Bertz CT molecular complexity index is 1270. The summed E-state index contributed by atoms with van der Waals surface area (Å²) in [4.78, 5) is 8.87. The Morgan fingerprint density at radius 3 is 2.52 bits per heavy atom. The molecule has 0 saturated heterocycles. The zero-order valence-electron chi connectivity index (χ0n) is 15.0. The molecule has 3 heterocycles. The molecule has 27 heavy (non-hydrogen) atoms. The first-order valence-electron chi connectivity index (χ1n) is 8.27. The number of rotatable bonds is 3. The van der Waals surface area contributed by atoms with Gasteiger partial charge in [-0.05, 0) is 31.5 Å². The number of aryl methyl sites for hydroxylation is 3. The molecule has 4 aromatic rings. The monoisotopic (exact) mass is 400 g/mol. The van der Waals surface area contributed by atoms with Gasteiger partial charge in [0.25, 0.3) is 10.0 Å². The Balaban J connectivity index is 2.08. The normalized spacial score (nSPS) is 12.0. The Kier molecular flexibility index (Phi) is 4.09. The standard InChI is InChI=1S/C19H17ClN4O2S/c1-12-6-4-5-7-17(12)27(25,26)24-10-16(18-13(2)22-11-23(18)3)15-8-14(20)9-21-19(15)24/h4-11H,1-3H3. The third-order valence-electron chi connectivity index (χ3n) is 4.58. The van der Waals surface area contributed by atoms with Crippen molar-refractivity contribution in [2.24, 2.45) is 7.05 Å². The van der Waals surface area contributed by atoms with Crippen molar-refractivity contribution in [1.29, 1.82) is 0 Å². The van der Waals surface area contributed by atoms with Crippen molar-refractivity contribution in [3.8, 4) is 11.3 Å². The average Bonchev–Trinajstić information content (AvgIpc) is 3.15. The molecular weight excluding hydrogens is 384 g/mol. The highest BCUT2D eigenvalue weighted by molar-refractivity contribution is 7.90. The fourth-order valence-electron chi connectivity index (χ4n) is 3.31. The zero-order chi connectivity index (χ0) is 19.3. The van der Waals surface area contributed by atoms with E-state index in [4.69, 9.17) is 11.6 Å². The van der Waals surface area contributed by atoms with Gasteiger partial charge in [0.1, 0.15) is 0 Å². The second-order valence-corrected chi connectivity index (χ2v) is 8.64. The van der Waals surface area contributed by atoms with E-state index in [1.165, 1.54) is 10.2 Å². The Labute approximate surface area is 162 Å². The van der Waals surface area contributed by atoms with Crippen molar-refractivity contribution in [1.82, 2.24) is 18.5 Å². The molecule has 0 fully saturated rings. The second kappa shape index (κ2) is 6.21. The fraction of sp³-hybridized carbons (Fsp3) is 0.158. The molecule has 0 aliphatic carbocycles. The van der Waals surface area contributed by atoms with Crippen LogP contribution < -0.4 is 0 Å². The van der Waals surface area contributed by atoms with E-state index in [0.29, 0.717) is 21.6 Å². The molecule has 1 aromatic carbocycles. The minimum absolute atomic E-state index is 0.243. The molecule has 8 heteroatoms. The SMILES string of the molecule is Cc1ccccc1S(=O)(=O)n1cc(-c2c(C)ncn2C)c2cc(Cl)cnc21. The van der Waals surface area contributed by atoms with Gasteiger partial charge in [0, 0.05) is 30.4 Å². The molecule has 0 radical (unpaired) electrons. The summed E-state index contributed by atoms with van der Waals surface area (Å²) in [5, 5.41) is 1.10. The summed E-state index contributed by atoms with van der Waals surface area (Å²) in [5.41, 5.74) is 3.34. The van der Waals surface area contributed by atoms with E-state index in [1.54, 1.807) is 43.7 Å². The first-order valence-corrected chi connectivity index (χ1v) is 10.1. The second-order valence-electron chi connectivity index (χ2n) is 6.42. The van der Waals surface area contributed by atoms with E-state index in [1.807, 2.05) is 24.6 Å². The number of hydrogen-bond donors (Lipinski definition) is 0. The number of fused-ring (bicyclic) bond motifs is 1. The van der Waals surface area contributed by atoms with Gasteiger partial charge in [-0.25, -0.2) is 22.4 Å². The molecule has 6 nitrogen and oxygen atoms in total. The van der Waals surface area contributed by atoms with E-state index in [-0.39, 0.29) is 4.90 Å². The van der Waals surface area contributed by atoms with Crippen LogP contribution in [-0.2, 0) is 17.1 Å². The lowest BCUT2D eigenvalue weighted by Gasteiger charge is -2.09. The molecule has 0 bridgehead atoms. The van der Waals surface area contributed by atoms with E-state index in [9.17, 15) is 8.42 Å². The molecule has 0 N–H and O–H groups in total. The van der Waals surface area contributed by atoms with Gasteiger partial charge in [0.2, 0.25) is 0 Å². The minimum Gasteiger partial charge on any atom is -0.333 e. The summed E-state index contributed by atoms with van der Waals surface area (Å²) in [6.07, 6.45) is 4.75. The lowest BCUT2D eigenvalue weighted by atomic mass is 10.1. The van der Waals surface area contributed by atoms with Crippen LogP contribution in [0.1, 0.15) is 11.3 Å². The van der Waals surface area contributed by atoms with Gasteiger partial charge < -0.3 is 4.57 Å². The van der Waals surface area contributed by atoms with E-state index in [0.717, 1.165) is 17.0 Å². The maximum Gasteiger partial charge on any atom is 0.269 e. The van der Waals surface area contributed by atoms with Crippen molar-refractivity contribution in [2.45, 2.75) is 18.7 Å². The molecule has 3 aromatic heterocycles. The highest BCUT2D eigenvalue weighted by atomic mass is 35.5. The number of aromatic nitrogens is 4. The number of benzene rings is 1. The number of imidazole rings is 1. The summed E-state index contributed by atoms with van der Waals surface area (Å²) in [6, 6.07) is 8.62. The van der Waals surface area contributed by atoms with Crippen LogP contribution in [0.3, 0.4) is 0 Å². The van der Waals surface area contributed by atoms with Gasteiger partial charge in [0.05, 0.1) is 27.6 Å². The minimum atomic E-state index is -3.82. The molecule has 0 saturated carbocycles. The van der Waals surface area contributed by atoms with Crippen LogP contribution in [-0.4, -0.2) is 26.9 Å². The Morgan fingerprint density at radius 2 is 1.85 bits per heavy atom. The summed E-state index contributed by atoms with van der Waals surface area (Å²) in [6.45, 7) is 3.65. The third kappa shape index (κ3) is 2.74. The summed E-state index contributed by atoms with van der Waals surface area (Å²) in [7, 11) is -1.96. The predicted octanol–water partition coefficient (Wildman–Crippen LogP) is 3.94. The van der Waals surface area contributed by atoms with E-state index < -0.39 is 10.0 Å². The number of hydrogen-bond acceptors (Lipinski definition) is 4. The molecule has 4 rings (SSSR count). The van der Waals surface area contributed by atoms with E-state index >= 15 is 0 Å². The largest absolute Gasteiger partial charge is 0.333 e. The summed E-state index contributed by atoms with van der Waals surface area (Å²) in [5.74, 6) is 0. The van der Waals surface area contributed by atoms with E-state index in [2.05, 4.69) is 9.97 Å². The van der Waals surface area contributed by atoms with Gasteiger partial charge >= 0.3 is 0 Å². The molecule has 0 aliphatic heterocycles. The van der Waals surface area contributed by atoms with Gasteiger partial charge in [-0.3, -0.25) is 0 Å². The first-order chi connectivity index (χ1) is 12.8. The first kappa shape index (κ1) is 17.8. The van der Waals surface area contributed by atoms with Gasteiger partial charge in [-0.2, -0.15) is 0 Å². The van der Waals surface area contributed by atoms with Gasteiger partial charge in [-0.15, -0.1) is 0 Å². The highest BCUT2D eigenvalue weighted by Gasteiger charge is 2.25. The molecule has 0 spiro atoms. The number of pyridine rings is 1. The molecule has 0 atom stereocenters. The molecule has 138 valence electrons. The summed E-state index contributed by atoms with van der Waals surface area (Å²) < 4.78 is 29.8. The molecule has 0 amide bonds. The van der Waals surface area contributed by atoms with Crippen LogP contribution in [0.5, 0.6) is 0 Å². The van der Waals surface area contributed by atoms with Crippen molar-refractivity contribution >= 4 is 32.7 Å². The van der Waals surface area contributed by atoms with Crippen LogP contribution in [0.15, 0.2) is 53.9 Å². The lowest BCUT2D eigenvalue weighted by molar-refractivity contribution is 0.588. The predicted molar refractivity (Wildman–Crippen MR) is 105 cm³/mol. The lowest BCUT2D eigenvalue weighted by Crippen LogP contribution is -2.13. The fourth-order valence-corrected chi connectivity index (χ4v) is 5.02.